The van der Waals surface area contributed by atoms with Crippen molar-refractivity contribution in [1.29, 1.82) is 0 Å². The van der Waals surface area contributed by atoms with Crippen molar-refractivity contribution in [3.05, 3.63) is 28.8 Å². The molecular formula is C10H12ClN3OS. The lowest BCUT2D eigenvalue weighted by molar-refractivity contribution is 0.340. The summed E-state index contributed by atoms with van der Waals surface area (Å²) in [6.45, 7) is 2.48. The van der Waals surface area contributed by atoms with Gasteiger partial charge in [-0.05, 0) is 37.3 Å². The van der Waals surface area contributed by atoms with E-state index in [1.54, 1.807) is 24.4 Å². The molecule has 0 radical (unpaired) electrons. The summed E-state index contributed by atoms with van der Waals surface area (Å²) in [6.07, 6.45) is 1.55. The summed E-state index contributed by atoms with van der Waals surface area (Å²) in [5.74, 6) is 0.709. The molecule has 1 aromatic rings. The Hall–Kier alpha value is -1.33. The quantitative estimate of drug-likeness (QED) is 0.491. The number of thiocarbonyl (C=S) groups is 1. The Labute approximate surface area is 104 Å². The highest BCUT2D eigenvalue weighted by atomic mass is 35.5. The Kier molecular flexibility index (Phi) is 5.01. The summed E-state index contributed by atoms with van der Waals surface area (Å²) < 4.78 is 5.41. The van der Waals surface area contributed by atoms with Gasteiger partial charge in [0.2, 0.25) is 0 Å². The van der Waals surface area contributed by atoms with Crippen LogP contribution in [0, 0.1) is 0 Å². The second kappa shape index (κ2) is 6.30. The Morgan fingerprint density at radius 2 is 2.44 bits per heavy atom. The van der Waals surface area contributed by atoms with E-state index in [0.717, 1.165) is 5.56 Å². The van der Waals surface area contributed by atoms with Gasteiger partial charge in [0.15, 0.2) is 5.11 Å². The molecule has 0 spiro atoms. The molecule has 0 saturated carbocycles. The smallest absolute Gasteiger partial charge is 0.184 e. The first-order chi connectivity index (χ1) is 7.63. The minimum absolute atomic E-state index is 0.108. The number of hydrazone groups is 1. The molecular weight excluding hydrogens is 246 g/mol. The molecule has 0 aromatic heterocycles. The monoisotopic (exact) mass is 257 g/mol. The number of benzene rings is 1. The second-order valence-electron chi connectivity index (χ2n) is 2.85. The third kappa shape index (κ3) is 4.04. The number of nitrogens with two attached hydrogens (primary N) is 1. The number of halogens is 1. The zero-order valence-corrected chi connectivity index (χ0v) is 10.3. The van der Waals surface area contributed by atoms with Crippen LogP contribution in [-0.4, -0.2) is 17.9 Å². The summed E-state index contributed by atoms with van der Waals surface area (Å²) in [4.78, 5) is 0. The summed E-state index contributed by atoms with van der Waals surface area (Å²) >= 11 is 10.5. The van der Waals surface area contributed by atoms with Crippen LogP contribution >= 0.6 is 23.8 Å². The van der Waals surface area contributed by atoms with Crippen molar-refractivity contribution in [2.24, 2.45) is 10.8 Å². The summed E-state index contributed by atoms with van der Waals surface area (Å²) in [7, 11) is 0. The maximum absolute atomic E-state index is 5.87. The average molecular weight is 258 g/mol. The molecule has 0 heterocycles. The van der Waals surface area contributed by atoms with Gasteiger partial charge in [0.1, 0.15) is 5.75 Å². The first-order valence-corrected chi connectivity index (χ1v) is 5.43. The van der Waals surface area contributed by atoms with Gasteiger partial charge in [0.05, 0.1) is 12.8 Å². The normalized spacial score (nSPS) is 10.4. The third-order valence-corrected chi connectivity index (χ3v) is 1.98. The Bertz CT molecular complexity index is 409. The zero-order chi connectivity index (χ0) is 12.0. The minimum Gasteiger partial charge on any atom is -0.493 e. The second-order valence-corrected chi connectivity index (χ2v) is 3.73. The fourth-order valence-electron chi connectivity index (χ4n) is 1.07. The number of hydrogen-bond donors (Lipinski definition) is 2. The molecule has 0 aliphatic carbocycles. The van der Waals surface area contributed by atoms with Crippen LogP contribution in [0.15, 0.2) is 23.3 Å². The van der Waals surface area contributed by atoms with Crippen LogP contribution < -0.4 is 15.9 Å². The largest absolute Gasteiger partial charge is 0.493 e. The highest BCUT2D eigenvalue weighted by Crippen LogP contribution is 2.21. The van der Waals surface area contributed by atoms with Gasteiger partial charge in [-0.2, -0.15) is 5.10 Å². The summed E-state index contributed by atoms with van der Waals surface area (Å²) in [5, 5.41) is 4.56. The van der Waals surface area contributed by atoms with E-state index in [4.69, 9.17) is 22.1 Å². The maximum atomic E-state index is 5.87. The van der Waals surface area contributed by atoms with Crippen molar-refractivity contribution in [1.82, 2.24) is 5.43 Å². The van der Waals surface area contributed by atoms with Crippen molar-refractivity contribution in [3.63, 3.8) is 0 Å². The Morgan fingerprint density at radius 3 is 3.06 bits per heavy atom. The first kappa shape index (κ1) is 12.7. The van der Waals surface area contributed by atoms with Crippen LogP contribution in [0.3, 0.4) is 0 Å². The highest BCUT2D eigenvalue weighted by molar-refractivity contribution is 7.80. The standard InChI is InChI=1S/C10H12ClN3OS/c1-2-15-9-4-3-8(11)5-7(9)6-13-14-10(12)16/h3-6H,2H2,1H3,(H3,12,14,16). The van der Waals surface area contributed by atoms with Crippen LogP contribution in [-0.2, 0) is 0 Å². The molecule has 0 amide bonds. The van der Waals surface area contributed by atoms with E-state index in [2.05, 4.69) is 22.7 Å². The molecule has 0 fully saturated rings. The molecule has 4 nitrogen and oxygen atoms in total. The molecule has 0 atom stereocenters. The zero-order valence-electron chi connectivity index (χ0n) is 8.74. The fraction of sp³-hybridized carbons (Fsp3) is 0.200. The number of hydrogen-bond acceptors (Lipinski definition) is 3. The highest BCUT2D eigenvalue weighted by Gasteiger charge is 2.01. The van der Waals surface area contributed by atoms with Crippen molar-refractivity contribution in [2.75, 3.05) is 6.61 Å². The van der Waals surface area contributed by atoms with Gasteiger partial charge in [-0.3, -0.25) is 5.43 Å². The average Bonchev–Trinajstić information content (AvgIpc) is 2.21. The molecule has 0 bridgehead atoms. The van der Waals surface area contributed by atoms with E-state index in [9.17, 15) is 0 Å². The summed E-state index contributed by atoms with van der Waals surface area (Å²) in [5.41, 5.74) is 8.46. The van der Waals surface area contributed by atoms with Crippen LogP contribution in [0.5, 0.6) is 5.75 Å². The molecule has 0 unspecified atom stereocenters. The number of nitrogens with one attached hydrogen (secondary N) is 1. The molecule has 6 heteroatoms. The molecule has 1 aromatic carbocycles. The topological polar surface area (TPSA) is 59.6 Å². The van der Waals surface area contributed by atoms with Gasteiger partial charge >= 0.3 is 0 Å². The predicted octanol–water partition coefficient (Wildman–Crippen LogP) is 1.91. The van der Waals surface area contributed by atoms with Crippen molar-refractivity contribution in [2.45, 2.75) is 6.92 Å². The molecule has 0 aliphatic rings. The lowest BCUT2D eigenvalue weighted by Crippen LogP contribution is -2.24. The Morgan fingerprint density at radius 1 is 1.69 bits per heavy atom. The Balaban J connectivity index is 2.86. The molecule has 0 saturated heterocycles. The van der Waals surface area contributed by atoms with Crippen LogP contribution in [0.2, 0.25) is 5.02 Å². The maximum Gasteiger partial charge on any atom is 0.184 e. The lowest BCUT2D eigenvalue weighted by atomic mass is 10.2. The van der Waals surface area contributed by atoms with Gasteiger partial charge < -0.3 is 10.5 Å². The van der Waals surface area contributed by atoms with E-state index in [0.29, 0.717) is 17.4 Å². The van der Waals surface area contributed by atoms with Crippen molar-refractivity contribution >= 4 is 35.1 Å². The minimum atomic E-state index is 0.108. The number of rotatable bonds is 4. The third-order valence-electron chi connectivity index (χ3n) is 1.65. The molecule has 0 aliphatic heterocycles. The number of ether oxygens (including phenoxy) is 1. The van der Waals surface area contributed by atoms with Gasteiger partial charge in [-0.15, -0.1) is 0 Å². The fourth-order valence-corrected chi connectivity index (χ4v) is 1.31. The van der Waals surface area contributed by atoms with Crippen LogP contribution in [0.1, 0.15) is 12.5 Å². The first-order valence-electron chi connectivity index (χ1n) is 4.64. The molecule has 3 N–H and O–H groups in total. The SMILES string of the molecule is CCOc1ccc(Cl)cc1C=NNC(N)=S. The van der Waals surface area contributed by atoms with Gasteiger partial charge in [0, 0.05) is 10.6 Å². The van der Waals surface area contributed by atoms with E-state index in [1.807, 2.05) is 6.92 Å². The van der Waals surface area contributed by atoms with Crippen molar-refractivity contribution in [3.8, 4) is 5.75 Å². The molecule has 86 valence electrons. The van der Waals surface area contributed by atoms with Crippen LogP contribution in [0.25, 0.3) is 0 Å². The van der Waals surface area contributed by atoms with E-state index >= 15 is 0 Å². The van der Waals surface area contributed by atoms with Gasteiger partial charge in [-0.1, -0.05) is 11.6 Å². The van der Waals surface area contributed by atoms with Gasteiger partial charge in [0.25, 0.3) is 0 Å². The van der Waals surface area contributed by atoms with E-state index in [1.165, 1.54) is 0 Å². The van der Waals surface area contributed by atoms with E-state index < -0.39 is 0 Å². The summed E-state index contributed by atoms with van der Waals surface area (Å²) in [6, 6.07) is 5.29. The van der Waals surface area contributed by atoms with Crippen LogP contribution in [0.4, 0.5) is 0 Å². The van der Waals surface area contributed by atoms with Crippen molar-refractivity contribution < 1.29 is 4.74 Å². The molecule has 1 rings (SSSR count). The van der Waals surface area contributed by atoms with E-state index in [-0.39, 0.29) is 5.11 Å². The van der Waals surface area contributed by atoms with Gasteiger partial charge in [-0.25, -0.2) is 0 Å². The number of nitrogens with zero attached hydrogens (tertiary/aromatic N) is 1. The lowest BCUT2D eigenvalue weighted by Gasteiger charge is -2.06. The molecule has 16 heavy (non-hydrogen) atoms. The predicted molar refractivity (Wildman–Crippen MR) is 70.1 cm³/mol.